The highest BCUT2D eigenvalue weighted by Crippen LogP contribution is 1.99. The maximum Gasteiger partial charge on any atom is 0.317 e. The highest BCUT2D eigenvalue weighted by atomic mass is 16.4. The number of nitrogens with one attached hydrogen (secondary N) is 1. The van der Waals surface area contributed by atoms with E-state index in [9.17, 15) is 9.59 Å². The maximum absolute atomic E-state index is 11.2. The first-order chi connectivity index (χ1) is 6.47. The first kappa shape index (κ1) is 12.7. The molecule has 0 heterocycles. The van der Waals surface area contributed by atoms with Crippen LogP contribution in [0.1, 0.15) is 20.3 Å². The van der Waals surface area contributed by atoms with Crippen molar-refractivity contribution in [3.8, 4) is 0 Å². The van der Waals surface area contributed by atoms with Crippen LogP contribution in [-0.2, 0) is 4.79 Å². The number of carboxylic acids is 1. The molecule has 0 saturated heterocycles. The van der Waals surface area contributed by atoms with Gasteiger partial charge in [0.2, 0.25) is 0 Å². The van der Waals surface area contributed by atoms with Gasteiger partial charge in [-0.2, -0.15) is 0 Å². The number of hydrogen-bond donors (Lipinski definition) is 2. The van der Waals surface area contributed by atoms with E-state index in [4.69, 9.17) is 5.11 Å². The molecule has 82 valence electrons. The summed E-state index contributed by atoms with van der Waals surface area (Å²) in [5.74, 6) is -0.877. The lowest BCUT2D eigenvalue weighted by Gasteiger charge is -2.17. The van der Waals surface area contributed by atoms with Crippen molar-refractivity contribution in [2.75, 3.05) is 20.1 Å². The summed E-state index contributed by atoms with van der Waals surface area (Å²) in [6.45, 7) is 4.70. The van der Waals surface area contributed by atoms with Gasteiger partial charge in [-0.05, 0) is 12.8 Å². The molecule has 0 aromatic carbocycles. The summed E-state index contributed by atoms with van der Waals surface area (Å²) in [6, 6.07) is -0.162. The predicted octanol–water partition coefficient (Wildman–Crippen LogP) is 0.758. The number of hydrogen-bond acceptors (Lipinski definition) is 2. The molecule has 0 spiro atoms. The van der Waals surface area contributed by atoms with Gasteiger partial charge in [0.05, 0.1) is 0 Å². The molecule has 0 bridgehead atoms. The van der Waals surface area contributed by atoms with Gasteiger partial charge in [0.25, 0.3) is 0 Å². The third-order valence-corrected chi connectivity index (χ3v) is 1.95. The van der Waals surface area contributed by atoms with Gasteiger partial charge in [-0.3, -0.25) is 4.79 Å². The lowest BCUT2D eigenvalue weighted by atomic mass is 10.1. The standard InChI is InChI=1S/C9H18N2O3/c1-4-11(3)9(14)10-6-7(2)5-8(12)13/h7H,4-6H2,1-3H3,(H,10,14)(H,12,13). The third-order valence-electron chi connectivity index (χ3n) is 1.95. The Kier molecular flexibility index (Phi) is 5.67. The van der Waals surface area contributed by atoms with E-state index in [1.54, 1.807) is 14.0 Å². The van der Waals surface area contributed by atoms with Crippen LogP contribution < -0.4 is 5.32 Å². The molecule has 0 radical (unpaired) electrons. The Hall–Kier alpha value is -1.26. The van der Waals surface area contributed by atoms with E-state index in [2.05, 4.69) is 5.32 Å². The fourth-order valence-corrected chi connectivity index (χ4v) is 0.910. The van der Waals surface area contributed by atoms with E-state index < -0.39 is 5.97 Å². The smallest absolute Gasteiger partial charge is 0.317 e. The quantitative estimate of drug-likeness (QED) is 0.691. The van der Waals surface area contributed by atoms with Crippen molar-refractivity contribution in [2.45, 2.75) is 20.3 Å². The van der Waals surface area contributed by atoms with E-state index >= 15 is 0 Å². The Morgan fingerprint density at radius 3 is 2.50 bits per heavy atom. The summed E-state index contributed by atoms with van der Waals surface area (Å²) in [6.07, 6.45) is 0.0795. The summed E-state index contributed by atoms with van der Waals surface area (Å²) >= 11 is 0. The molecule has 1 atom stereocenters. The second kappa shape index (κ2) is 6.23. The average Bonchev–Trinajstić information content (AvgIpc) is 2.11. The van der Waals surface area contributed by atoms with Gasteiger partial charge in [0, 0.05) is 26.6 Å². The van der Waals surface area contributed by atoms with Crippen molar-refractivity contribution in [3.63, 3.8) is 0 Å². The minimum absolute atomic E-state index is 0.0401. The first-order valence-electron chi connectivity index (χ1n) is 4.68. The summed E-state index contributed by atoms with van der Waals surface area (Å²) in [4.78, 5) is 23.1. The molecule has 1 unspecified atom stereocenters. The molecule has 0 saturated carbocycles. The van der Waals surface area contributed by atoms with Crippen LogP contribution in [0.15, 0.2) is 0 Å². The van der Waals surface area contributed by atoms with Crippen LogP contribution in [0.2, 0.25) is 0 Å². The molecule has 0 aliphatic rings. The Balaban J connectivity index is 3.71. The van der Waals surface area contributed by atoms with E-state index in [-0.39, 0.29) is 18.4 Å². The van der Waals surface area contributed by atoms with Crippen molar-refractivity contribution in [1.29, 1.82) is 0 Å². The van der Waals surface area contributed by atoms with Crippen molar-refractivity contribution in [2.24, 2.45) is 5.92 Å². The summed E-state index contributed by atoms with van der Waals surface area (Å²) in [7, 11) is 1.69. The number of nitrogens with zero attached hydrogens (tertiary/aromatic N) is 1. The van der Waals surface area contributed by atoms with Crippen LogP contribution in [0.25, 0.3) is 0 Å². The fourth-order valence-electron chi connectivity index (χ4n) is 0.910. The molecule has 0 aromatic rings. The molecule has 2 amide bonds. The number of amides is 2. The zero-order valence-electron chi connectivity index (χ0n) is 8.91. The second-order valence-corrected chi connectivity index (χ2v) is 3.40. The Morgan fingerprint density at radius 2 is 2.07 bits per heavy atom. The van der Waals surface area contributed by atoms with Gasteiger partial charge < -0.3 is 15.3 Å². The highest BCUT2D eigenvalue weighted by Gasteiger charge is 2.10. The zero-order valence-corrected chi connectivity index (χ0v) is 8.91. The SMILES string of the molecule is CCN(C)C(=O)NCC(C)CC(=O)O. The lowest BCUT2D eigenvalue weighted by Crippen LogP contribution is -2.39. The van der Waals surface area contributed by atoms with Crippen LogP contribution in [0.4, 0.5) is 4.79 Å². The zero-order chi connectivity index (χ0) is 11.1. The molecule has 0 aliphatic carbocycles. The molecular weight excluding hydrogens is 184 g/mol. The van der Waals surface area contributed by atoms with Gasteiger partial charge >= 0.3 is 12.0 Å². The van der Waals surface area contributed by atoms with Crippen molar-refractivity contribution >= 4 is 12.0 Å². The fraction of sp³-hybridized carbons (Fsp3) is 0.778. The van der Waals surface area contributed by atoms with Gasteiger partial charge in [-0.1, -0.05) is 6.92 Å². The van der Waals surface area contributed by atoms with E-state index in [1.165, 1.54) is 4.90 Å². The predicted molar refractivity (Wildman–Crippen MR) is 53.1 cm³/mol. The van der Waals surface area contributed by atoms with E-state index in [0.717, 1.165) is 0 Å². The average molecular weight is 202 g/mol. The van der Waals surface area contributed by atoms with Gasteiger partial charge in [-0.25, -0.2) is 4.79 Å². The number of carbonyl (C=O) groups excluding carboxylic acids is 1. The van der Waals surface area contributed by atoms with Gasteiger partial charge in [0.15, 0.2) is 0 Å². The number of rotatable bonds is 5. The topological polar surface area (TPSA) is 69.6 Å². The van der Waals surface area contributed by atoms with Crippen LogP contribution in [0.3, 0.4) is 0 Å². The van der Waals surface area contributed by atoms with Crippen LogP contribution in [0, 0.1) is 5.92 Å². The minimum atomic E-state index is -0.837. The van der Waals surface area contributed by atoms with Crippen LogP contribution in [-0.4, -0.2) is 42.1 Å². The Bertz CT molecular complexity index is 206. The van der Waals surface area contributed by atoms with E-state index in [0.29, 0.717) is 13.1 Å². The summed E-state index contributed by atoms with van der Waals surface area (Å²) < 4.78 is 0. The first-order valence-corrected chi connectivity index (χ1v) is 4.68. The maximum atomic E-state index is 11.2. The van der Waals surface area contributed by atoms with Gasteiger partial charge in [0.1, 0.15) is 0 Å². The lowest BCUT2D eigenvalue weighted by molar-refractivity contribution is -0.137. The molecule has 5 nitrogen and oxygen atoms in total. The number of urea groups is 1. The molecule has 0 fully saturated rings. The molecule has 14 heavy (non-hydrogen) atoms. The normalized spacial score (nSPS) is 11.9. The Labute approximate surface area is 84.1 Å². The minimum Gasteiger partial charge on any atom is -0.481 e. The molecule has 0 rings (SSSR count). The Morgan fingerprint density at radius 1 is 1.50 bits per heavy atom. The molecule has 5 heteroatoms. The second-order valence-electron chi connectivity index (χ2n) is 3.40. The molecule has 0 aromatic heterocycles. The number of carboxylic acid groups (broad SMARTS) is 1. The largest absolute Gasteiger partial charge is 0.481 e. The van der Waals surface area contributed by atoms with E-state index in [1.807, 2.05) is 6.92 Å². The monoisotopic (exact) mass is 202 g/mol. The van der Waals surface area contributed by atoms with Crippen LogP contribution in [0.5, 0.6) is 0 Å². The van der Waals surface area contributed by atoms with Crippen LogP contribution >= 0.6 is 0 Å². The number of carbonyl (C=O) groups is 2. The number of aliphatic carboxylic acids is 1. The van der Waals surface area contributed by atoms with Crippen molar-refractivity contribution < 1.29 is 14.7 Å². The van der Waals surface area contributed by atoms with Gasteiger partial charge in [-0.15, -0.1) is 0 Å². The highest BCUT2D eigenvalue weighted by molar-refractivity contribution is 5.73. The molecular formula is C9H18N2O3. The molecule has 2 N–H and O–H groups in total. The van der Waals surface area contributed by atoms with Crippen molar-refractivity contribution in [3.05, 3.63) is 0 Å². The summed E-state index contributed by atoms with van der Waals surface area (Å²) in [5.41, 5.74) is 0. The summed E-state index contributed by atoms with van der Waals surface area (Å²) in [5, 5.41) is 11.1. The van der Waals surface area contributed by atoms with Crippen molar-refractivity contribution in [1.82, 2.24) is 10.2 Å². The third kappa shape index (κ3) is 5.40. The molecule has 0 aliphatic heterocycles.